The van der Waals surface area contributed by atoms with E-state index in [0.29, 0.717) is 18.9 Å². The van der Waals surface area contributed by atoms with Crippen LogP contribution in [0.5, 0.6) is 11.5 Å². The summed E-state index contributed by atoms with van der Waals surface area (Å²) >= 11 is 0. The van der Waals surface area contributed by atoms with Gasteiger partial charge in [-0.1, -0.05) is 25.3 Å². The first-order chi connectivity index (χ1) is 9.29. The maximum absolute atomic E-state index is 10.1. The lowest BCUT2D eigenvalue weighted by molar-refractivity contribution is 0.0640. The van der Waals surface area contributed by atoms with Crippen molar-refractivity contribution in [1.82, 2.24) is 0 Å². The summed E-state index contributed by atoms with van der Waals surface area (Å²) in [5.74, 6) is 2.07. The third-order valence-corrected chi connectivity index (χ3v) is 3.92. The van der Waals surface area contributed by atoms with Gasteiger partial charge in [0.2, 0.25) is 0 Å². The lowest BCUT2D eigenvalue weighted by Crippen LogP contribution is -2.24. The molecule has 0 aromatic heterocycles. The van der Waals surface area contributed by atoms with E-state index in [4.69, 9.17) is 9.47 Å². The molecule has 0 spiro atoms. The molecule has 0 radical (unpaired) electrons. The van der Waals surface area contributed by atoms with Crippen LogP contribution in [0, 0.1) is 5.92 Å². The molecule has 19 heavy (non-hydrogen) atoms. The molecule has 1 aromatic rings. The van der Waals surface area contributed by atoms with Crippen molar-refractivity contribution in [3.63, 3.8) is 0 Å². The van der Waals surface area contributed by atoms with Gasteiger partial charge in [-0.25, -0.2) is 0 Å². The van der Waals surface area contributed by atoms with Crippen LogP contribution in [-0.2, 0) is 0 Å². The Kier molecular flexibility index (Phi) is 5.52. The predicted octanol–water partition coefficient (Wildman–Crippen LogP) is 3.41. The van der Waals surface area contributed by atoms with Crippen LogP contribution in [0.4, 0.5) is 0 Å². The largest absolute Gasteiger partial charge is 0.497 e. The van der Waals surface area contributed by atoms with Gasteiger partial charge in [0, 0.05) is 12.5 Å². The maximum atomic E-state index is 10.1. The number of rotatable bonds is 6. The lowest BCUT2D eigenvalue weighted by atomic mass is 9.84. The van der Waals surface area contributed by atoms with Crippen molar-refractivity contribution in [3.8, 4) is 11.5 Å². The van der Waals surface area contributed by atoms with Crippen LogP contribution in [0.1, 0.15) is 38.5 Å². The number of methoxy groups -OCH3 is 1. The first-order valence-corrected chi connectivity index (χ1v) is 7.24. The maximum Gasteiger partial charge on any atom is 0.122 e. The molecule has 1 fully saturated rings. The Balaban J connectivity index is 1.72. The van der Waals surface area contributed by atoms with E-state index in [1.807, 2.05) is 24.3 Å². The smallest absolute Gasteiger partial charge is 0.122 e. The van der Waals surface area contributed by atoms with Crippen LogP contribution in [0.2, 0.25) is 0 Å². The summed E-state index contributed by atoms with van der Waals surface area (Å²) in [5, 5.41) is 10.1. The molecule has 0 amide bonds. The fourth-order valence-electron chi connectivity index (χ4n) is 2.74. The fraction of sp³-hybridized carbons (Fsp3) is 0.625. The predicted molar refractivity (Wildman–Crippen MR) is 75.7 cm³/mol. The molecule has 3 heteroatoms. The Morgan fingerprint density at radius 3 is 2.68 bits per heavy atom. The fourth-order valence-corrected chi connectivity index (χ4v) is 2.74. The minimum absolute atomic E-state index is 0.217. The van der Waals surface area contributed by atoms with E-state index in [2.05, 4.69) is 0 Å². The zero-order chi connectivity index (χ0) is 13.5. The molecule has 1 atom stereocenters. The van der Waals surface area contributed by atoms with Gasteiger partial charge < -0.3 is 14.6 Å². The van der Waals surface area contributed by atoms with Crippen molar-refractivity contribution in [2.45, 2.75) is 44.6 Å². The Labute approximate surface area is 115 Å². The van der Waals surface area contributed by atoms with Crippen LogP contribution in [0.25, 0.3) is 0 Å². The third kappa shape index (κ3) is 4.43. The molecule has 0 bridgehead atoms. The first-order valence-electron chi connectivity index (χ1n) is 7.24. The number of ether oxygens (including phenoxy) is 2. The summed E-state index contributed by atoms with van der Waals surface area (Å²) in [6, 6.07) is 7.58. The van der Waals surface area contributed by atoms with Gasteiger partial charge in [-0.05, 0) is 30.9 Å². The quantitative estimate of drug-likeness (QED) is 0.855. The van der Waals surface area contributed by atoms with Crippen LogP contribution in [0.15, 0.2) is 24.3 Å². The van der Waals surface area contributed by atoms with Crippen LogP contribution < -0.4 is 9.47 Å². The monoisotopic (exact) mass is 264 g/mol. The number of aliphatic hydroxyl groups is 1. The molecule has 0 aliphatic heterocycles. The second kappa shape index (κ2) is 7.39. The number of benzene rings is 1. The molecular weight excluding hydrogens is 240 g/mol. The highest BCUT2D eigenvalue weighted by Crippen LogP contribution is 2.28. The average Bonchev–Trinajstić information content (AvgIpc) is 2.48. The van der Waals surface area contributed by atoms with Gasteiger partial charge in [0.1, 0.15) is 11.5 Å². The molecule has 1 N–H and O–H groups in total. The molecule has 3 nitrogen and oxygen atoms in total. The standard InChI is InChI=1S/C16H24O3/c1-18-14-8-5-9-15(12-14)19-11-10-16(17)13-6-3-2-4-7-13/h5,8-9,12-13,16-17H,2-4,6-7,10-11H2,1H3. The molecule has 1 aromatic carbocycles. The Bertz CT molecular complexity index is 372. The van der Waals surface area contributed by atoms with E-state index >= 15 is 0 Å². The highest BCUT2D eigenvalue weighted by Gasteiger charge is 2.21. The van der Waals surface area contributed by atoms with Gasteiger partial charge in [0.15, 0.2) is 0 Å². The van der Waals surface area contributed by atoms with E-state index < -0.39 is 0 Å². The van der Waals surface area contributed by atoms with E-state index in [9.17, 15) is 5.11 Å². The highest BCUT2D eigenvalue weighted by atomic mass is 16.5. The second-order valence-electron chi connectivity index (χ2n) is 5.28. The van der Waals surface area contributed by atoms with Crippen LogP contribution in [-0.4, -0.2) is 24.9 Å². The molecule has 1 unspecified atom stereocenters. The van der Waals surface area contributed by atoms with Crippen LogP contribution >= 0.6 is 0 Å². The molecule has 1 aliphatic carbocycles. The summed E-state index contributed by atoms with van der Waals surface area (Å²) in [7, 11) is 1.64. The molecule has 0 heterocycles. The molecular formula is C16H24O3. The highest BCUT2D eigenvalue weighted by molar-refractivity contribution is 5.32. The summed E-state index contributed by atoms with van der Waals surface area (Å²) in [6.45, 7) is 0.560. The average molecular weight is 264 g/mol. The van der Waals surface area contributed by atoms with Crippen molar-refractivity contribution < 1.29 is 14.6 Å². The SMILES string of the molecule is COc1cccc(OCCC(O)C2CCCCC2)c1. The number of hydrogen-bond acceptors (Lipinski definition) is 3. The van der Waals surface area contributed by atoms with E-state index in [0.717, 1.165) is 11.5 Å². The second-order valence-corrected chi connectivity index (χ2v) is 5.28. The molecule has 2 rings (SSSR count). The van der Waals surface area contributed by atoms with Crippen molar-refractivity contribution >= 4 is 0 Å². The van der Waals surface area contributed by atoms with E-state index in [1.54, 1.807) is 7.11 Å². The van der Waals surface area contributed by atoms with Gasteiger partial charge >= 0.3 is 0 Å². The van der Waals surface area contributed by atoms with Gasteiger partial charge in [-0.3, -0.25) is 0 Å². The van der Waals surface area contributed by atoms with Gasteiger partial charge in [0.25, 0.3) is 0 Å². The van der Waals surface area contributed by atoms with Gasteiger partial charge in [-0.2, -0.15) is 0 Å². The molecule has 1 saturated carbocycles. The molecule has 0 saturated heterocycles. The Morgan fingerprint density at radius 1 is 1.21 bits per heavy atom. The minimum Gasteiger partial charge on any atom is -0.497 e. The number of aliphatic hydroxyl groups excluding tert-OH is 1. The first kappa shape index (κ1) is 14.2. The van der Waals surface area contributed by atoms with Crippen molar-refractivity contribution in [3.05, 3.63) is 24.3 Å². The van der Waals surface area contributed by atoms with Crippen molar-refractivity contribution in [2.24, 2.45) is 5.92 Å². The molecule has 106 valence electrons. The zero-order valence-electron chi connectivity index (χ0n) is 11.7. The third-order valence-electron chi connectivity index (χ3n) is 3.92. The summed E-state index contributed by atoms with van der Waals surface area (Å²) in [6.07, 6.45) is 6.68. The topological polar surface area (TPSA) is 38.7 Å². The summed E-state index contributed by atoms with van der Waals surface area (Å²) in [5.41, 5.74) is 0. The normalized spacial score (nSPS) is 18.0. The summed E-state index contributed by atoms with van der Waals surface area (Å²) in [4.78, 5) is 0. The summed E-state index contributed by atoms with van der Waals surface area (Å²) < 4.78 is 10.8. The van der Waals surface area contributed by atoms with Gasteiger partial charge in [0.05, 0.1) is 19.8 Å². The number of hydrogen-bond donors (Lipinski definition) is 1. The van der Waals surface area contributed by atoms with E-state index in [-0.39, 0.29) is 6.10 Å². The van der Waals surface area contributed by atoms with Gasteiger partial charge in [-0.15, -0.1) is 0 Å². The lowest BCUT2D eigenvalue weighted by Gasteiger charge is -2.26. The van der Waals surface area contributed by atoms with Crippen LogP contribution in [0.3, 0.4) is 0 Å². The molecule has 1 aliphatic rings. The van der Waals surface area contributed by atoms with Crippen molar-refractivity contribution in [1.29, 1.82) is 0 Å². The Morgan fingerprint density at radius 2 is 1.95 bits per heavy atom. The van der Waals surface area contributed by atoms with Crippen molar-refractivity contribution in [2.75, 3.05) is 13.7 Å². The minimum atomic E-state index is -0.217. The Hall–Kier alpha value is -1.22. The van der Waals surface area contributed by atoms with E-state index in [1.165, 1.54) is 32.1 Å². The zero-order valence-corrected chi connectivity index (χ0v) is 11.7.